The van der Waals surface area contributed by atoms with E-state index in [0.717, 1.165) is 53.5 Å². The smallest absolute Gasteiger partial charge is 0.118 e. The minimum Gasteiger partial charge on any atom is -0.464 e. The summed E-state index contributed by atoms with van der Waals surface area (Å²) in [6, 6.07) is 5.06. The molecule has 4 atom stereocenters. The summed E-state index contributed by atoms with van der Waals surface area (Å²) in [5, 5.41) is 3.73. The number of rotatable bonds is 5. The number of nitrogens with one attached hydrogen (secondary N) is 1. The molecular formula is C15H21NOS. The molecule has 18 heavy (non-hydrogen) atoms. The molecule has 1 heterocycles. The molecule has 0 radical (unpaired) electrons. The van der Waals surface area contributed by atoms with Crippen LogP contribution in [0.5, 0.6) is 0 Å². The maximum absolute atomic E-state index is 5.81. The van der Waals surface area contributed by atoms with Crippen LogP contribution in [0.2, 0.25) is 0 Å². The van der Waals surface area contributed by atoms with Gasteiger partial charge in [0.05, 0.1) is 12.3 Å². The first-order valence-electron chi connectivity index (χ1n) is 7.16. The average Bonchev–Trinajstić information content (AvgIpc) is 2.79. The van der Waals surface area contributed by atoms with Gasteiger partial charge in [-0.15, -0.1) is 0 Å². The zero-order chi connectivity index (χ0) is 12.1. The Kier molecular flexibility index (Phi) is 2.73. The van der Waals surface area contributed by atoms with Crippen molar-refractivity contribution in [3.8, 4) is 0 Å². The summed E-state index contributed by atoms with van der Waals surface area (Å²) in [6.45, 7) is 0.922. The fraction of sp³-hybridized carbons (Fsp3) is 0.733. The Bertz CT molecular complexity index is 427. The highest BCUT2D eigenvalue weighted by Crippen LogP contribution is 2.65. The summed E-state index contributed by atoms with van der Waals surface area (Å²) in [5.74, 6) is 7.35. The summed E-state index contributed by atoms with van der Waals surface area (Å²) in [7, 11) is 0. The SMILES string of the molecule is CSCc1ccc(CNC2C3C4CCC(C4)C23)o1. The molecule has 4 unspecified atom stereocenters. The molecule has 0 saturated heterocycles. The Balaban J connectivity index is 1.32. The molecule has 0 spiro atoms. The van der Waals surface area contributed by atoms with E-state index in [1.54, 1.807) is 0 Å². The second-order valence-corrected chi connectivity index (χ2v) is 7.06. The molecule has 3 aliphatic rings. The number of thioether (sulfide) groups is 1. The quantitative estimate of drug-likeness (QED) is 0.882. The van der Waals surface area contributed by atoms with Gasteiger partial charge in [0, 0.05) is 6.04 Å². The van der Waals surface area contributed by atoms with E-state index < -0.39 is 0 Å². The third-order valence-electron chi connectivity index (χ3n) is 5.25. The second kappa shape index (κ2) is 4.31. The number of furan rings is 1. The third-order valence-corrected chi connectivity index (χ3v) is 5.82. The summed E-state index contributed by atoms with van der Waals surface area (Å²) >= 11 is 1.81. The van der Waals surface area contributed by atoms with E-state index in [1.807, 2.05) is 11.8 Å². The number of fused-ring (bicyclic) bond motifs is 5. The lowest BCUT2D eigenvalue weighted by Crippen LogP contribution is -2.22. The second-order valence-electron chi connectivity index (χ2n) is 6.20. The van der Waals surface area contributed by atoms with Gasteiger partial charge in [0.2, 0.25) is 0 Å². The molecule has 1 aromatic rings. The van der Waals surface area contributed by atoms with Crippen LogP contribution in [-0.4, -0.2) is 12.3 Å². The monoisotopic (exact) mass is 263 g/mol. The van der Waals surface area contributed by atoms with Gasteiger partial charge in [-0.1, -0.05) is 0 Å². The van der Waals surface area contributed by atoms with E-state index in [1.165, 1.54) is 19.3 Å². The third kappa shape index (κ3) is 1.75. The molecule has 3 fully saturated rings. The van der Waals surface area contributed by atoms with Crippen LogP contribution in [0.4, 0.5) is 0 Å². The molecule has 0 aromatic carbocycles. The lowest BCUT2D eigenvalue weighted by Gasteiger charge is -2.09. The van der Waals surface area contributed by atoms with Crippen molar-refractivity contribution in [1.29, 1.82) is 0 Å². The van der Waals surface area contributed by atoms with E-state index in [0.29, 0.717) is 0 Å². The van der Waals surface area contributed by atoms with Gasteiger partial charge in [-0.05, 0) is 61.3 Å². The first-order valence-corrected chi connectivity index (χ1v) is 8.56. The van der Waals surface area contributed by atoms with Gasteiger partial charge < -0.3 is 9.73 Å². The van der Waals surface area contributed by atoms with Gasteiger partial charge >= 0.3 is 0 Å². The van der Waals surface area contributed by atoms with Crippen molar-refractivity contribution in [2.75, 3.05) is 6.26 Å². The summed E-state index contributed by atoms with van der Waals surface area (Å²) in [5.41, 5.74) is 0. The summed E-state index contributed by atoms with van der Waals surface area (Å²) in [4.78, 5) is 0. The van der Waals surface area contributed by atoms with Crippen LogP contribution in [0.1, 0.15) is 30.8 Å². The minimum absolute atomic E-state index is 0.811. The molecule has 1 N–H and O–H groups in total. The van der Waals surface area contributed by atoms with Gasteiger partial charge in [-0.2, -0.15) is 11.8 Å². The van der Waals surface area contributed by atoms with E-state index in [9.17, 15) is 0 Å². The average molecular weight is 263 g/mol. The predicted octanol–water partition coefficient (Wildman–Crippen LogP) is 3.28. The van der Waals surface area contributed by atoms with Crippen LogP contribution in [0.15, 0.2) is 16.5 Å². The Labute approximate surface area is 113 Å². The van der Waals surface area contributed by atoms with Gasteiger partial charge in [0.1, 0.15) is 11.5 Å². The van der Waals surface area contributed by atoms with Crippen molar-refractivity contribution in [2.24, 2.45) is 23.7 Å². The highest BCUT2D eigenvalue weighted by Gasteiger charge is 2.64. The van der Waals surface area contributed by atoms with Crippen molar-refractivity contribution in [2.45, 2.75) is 37.6 Å². The summed E-state index contributed by atoms with van der Waals surface area (Å²) in [6.07, 6.45) is 6.65. The molecule has 0 amide bonds. The van der Waals surface area contributed by atoms with Crippen molar-refractivity contribution < 1.29 is 4.42 Å². The molecule has 3 saturated carbocycles. The zero-order valence-electron chi connectivity index (χ0n) is 10.9. The lowest BCUT2D eigenvalue weighted by atomic mass is 10.0. The standard InChI is InChI=1S/C15H21NOS/c1-18-8-12-5-4-11(17-12)7-16-15-13-9-2-3-10(6-9)14(13)15/h4-5,9-10,13-16H,2-3,6-8H2,1H3. The van der Waals surface area contributed by atoms with Crippen molar-refractivity contribution >= 4 is 11.8 Å². The maximum atomic E-state index is 5.81. The Morgan fingerprint density at radius 3 is 2.67 bits per heavy atom. The van der Waals surface area contributed by atoms with Crippen molar-refractivity contribution in [3.05, 3.63) is 23.7 Å². The van der Waals surface area contributed by atoms with Crippen molar-refractivity contribution in [1.82, 2.24) is 5.32 Å². The van der Waals surface area contributed by atoms with Crippen LogP contribution in [0.25, 0.3) is 0 Å². The molecule has 1 aromatic heterocycles. The molecular weight excluding hydrogens is 242 g/mol. The first kappa shape index (κ1) is 11.4. The molecule has 0 aliphatic heterocycles. The molecule has 3 heteroatoms. The van der Waals surface area contributed by atoms with Gasteiger partial charge in [0.15, 0.2) is 0 Å². The normalized spacial score (nSPS) is 40.2. The van der Waals surface area contributed by atoms with Gasteiger partial charge in [-0.3, -0.25) is 0 Å². The maximum Gasteiger partial charge on any atom is 0.118 e. The molecule has 2 nitrogen and oxygen atoms in total. The molecule has 4 rings (SSSR count). The predicted molar refractivity (Wildman–Crippen MR) is 74.4 cm³/mol. The summed E-state index contributed by atoms with van der Waals surface area (Å²) < 4.78 is 5.81. The Morgan fingerprint density at radius 1 is 1.22 bits per heavy atom. The number of hydrogen-bond acceptors (Lipinski definition) is 3. The molecule has 98 valence electrons. The fourth-order valence-corrected chi connectivity index (χ4v) is 4.99. The van der Waals surface area contributed by atoms with Crippen LogP contribution in [0, 0.1) is 23.7 Å². The van der Waals surface area contributed by atoms with Gasteiger partial charge in [-0.25, -0.2) is 0 Å². The van der Waals surface area contributed by atoms with Crippen LogP contribution >= 0.6 is 11.8 Å². The first-order chi connectivity index (χ1) is 8.86. The largest absolute Gasteiger partial charge is 0.464 e. The van der Waals surface area contributed by atoms with E-state index in [-0.39, 0.29) is 0 Å². The van der Waals surface area contributed by atoms with Crippen LogP contribution in [-0.2, 0) is 12.3 Å². The highest BCUT2D eigenvalue weighted by atomic mass is 32.2. The Hall–Kier alpha value is -0.410. The van der Waals surface area contributed by atoms with Gasteiger partial charge in [0.25, 0.3) is 0 Å². The molecule has 2 bridgehead atoms. The topological polar surface area (TPSA) is 25.2 Å². The van der Waals surface area contributed by atoms with Crippen molar-refractivity contribution in [3.63, 3.8) is 0 Å². The van der Waals surface area contributed by atoms with E-state index in [4.69, 9.17) is 4.42 Å². The highest BCUT2D eigenvalue weighted by molar-refractivity contribution is 7.97. The lowest BCUT2D eigenvalue weighted by molar-refractivity contribution is 0.422. The van der Waals surface area contributed by atoms with Crippen LogP contribution < -0.4 is 5.32 Å². The minimum atomic E-state index is 0.811. The zero-order valence-corrected chi connectivity index (χ0v) is 11.7. The van der Waals surface area contributed by atoms with Crippen LogP contribution in [0.3, 0.4) is 0 Å². The Morgan fingerprint density at radius 2 is 1.94 bits per heavy atom. The van der Waals surface area contributed by atoms with E-state index >= 15 is 0 Å². The fourth-order valence-electron chi connectivity index (χ4n) is 4.55. The van der Waals surface area contributed by atoms with E-state index in [2.05, 4.69) is 23.7 Å². The molecule has 3 aliphatic carbocycles. The number of hydrogen-bond donors (Lipinski definition) is 1.